The molecule has 6 atom stereocenters. The van der Waals surface area contributed by atoms with Crippen LogP contribution in [0.5, 0.6) is 0 Å². The highest BCUT2D eigenvalue weighted by Crippen LogP contribution is 2.63. The molecule has 0 aromatic heterocycles. The molecule has 1 fully saturated rings. The molecule has 1 aliphatic rings. The van der Waals surface area contributed by atoms with E-state index in [9.17, 15) is 18.8 Å². The highest BCUT2D eigenvalue weighted by atomic mass is 31.3. The van der Waals surface area contributed by atoms with Crippen LogP contribution in [-0.4, -0.2) is 52.5 Å². The van der Waals surface area contributed by atoms with Gasteiger partial charge in [0.1, 0.15) is 14.0 Å². The SMILES string of the molecule is [B]C1CC(O)C(COP(=O)(O)OP(=O)(O)O[P+](=O)O)O1. The molecule has 114 valence electrons. The summed E-state index contributed by atoms with van der Waals surface area (Å²) in [6, 6.07) is -0.775. The van der Waals surface area contributed by atoms with Crippen LogP contribution in [0.1, 0.15) is 6.42 Å². The first-order chi connectivity index (χ1) is 9.01. The monoisotopic (exact) mass is 351 g/mol. The summed E-state index contributed by atoms with van der Waals surface area (Å²) in [6.45, 7) is -0.659. The van der Waals surface area contributed by atoms with E-state index >= 15 is 0 Å². The summed E-state index contributed by atoms with van der Waals surface area (Å²) < 4.78 is 49.0. The number of phosphoric ester groups is 1. The number of hydrogen-bond acceptors (Lipinski definition) is 8. The fourth-order valence-electron chi connectivity index (χ4n) is 1.34. The molecule has 0 aliphatic carbocycles. The standard InChI is InChI=1S/C5H10BO11P3/c6-5-1-3(7)4(15-5)2-14-19(10,11)17-20(12,13)16-18(8)9/h3-5,7H,1-2H2,(H2-,8,9,10,11,12,13)/p+1. The van der Waals surface area contributed by atoms with Crippen LogP contribution < -0.4 is 0 Å². The van der Waals surface area contributed by atoms with Gasteiger partial charge in [0.15, 0.2) is 0 Å². The number of aliphatic hydroxyl groups is 1. The van der Waals surface area contributed by atoms with E-state index in [4.69, 9.17) is 27.3 Å². The lowest BCUT2D eigenvalue weighted by Crippen LogP contribution is -2.26. The predicted octanol–water partition coefficient (Wildman–Crippen LogP) is -0.469. The van der Waals surface area contributed by atoms with Crippen LogP contribution in [-0.2, 0) is 31.6 Å². The maximum absolute atomic E-state index is 11.3. The first-order valence-electron chi connectivity index (χ1n) is 4.97. The summed E-state index contributed by atoms with van der Waals surface area (Å²) in [6.07, 6.45) is -1.99. The number of ether oxygens (including phenoxy) is 1. The minimum atomic E-state index is -5.26. The Morgan fingerprint density at radius 3 is 2.40 bits per heavy atom. The van der Waals surface area contributed by atoms with Gasteiger partial charge in [0, 0.05) is 10.6 Å². The average molecular weight is 351 g/mol. The van der Waals surface area contributed by atoms with Crippen molar-refractivity contribution in [2.24, 2.45) is 0 Å². The molecule has 6 unspecified atom stereocenters. The third-order valence-corrected chi connectivity index (χ3v) is 5.54. The van der Waals surface area contributed by atoms with Gasteiger partial charge in [-0.2, -0.15) is 4.31 Å². The molecule has 1 rings (SSSR count). The van der Waals surface area contributed by atoms with E-state index in [0.29, 0.717) is 0 Å². The molecule has 0 saturated carbocycles. The van der Waals surface area contributed by atoms with Crippen molar-refractivity contribution in [1.29, 1.82) is 0 Å². The normalized spacial score (nSPS) is 33.4. The van der Waals surface area contributed by atoms with Crippen LogP contribution in [0.25, 0.3) is 0 Å². The van der Waals surface area contributed by atoms with Crippen molar-refractivity contribution in [3.63, 3.8) is 0 Å². The van der Waals surface area contributed by atoms with Crippen LogP contribution in [0.4, 0.5) is 0 Å². The van der Waals surface area contributed by atoms with E-state index in [1.54, 1.807) is 0 Å². The van der Waals surface area contributed by atoms with Crippen molar-refractivity contribution in [2.45, 2.75) is 24.6 Å². The molecule has 1 heterocycles. The molecule has 1 saturated heterocycles. The van der Waals surface area contributed by atoms with Crippen molar-refractivity contribution < 1.29 is 51.4 Å². The fourth-order valence-corrected chi connectivity index (χ4v) is 4.00. The maximum atomic E-state index is 11.3. The topological polar surface area (TPSA) is 169 Å². The second-order valence-electron chi connectivity index (χ2n) is 3.65. The lowest BCUT2D eigenvalue weighted by atomic mass is 9.96. The van der Waals surface area contributed by atoms with Gasteiger partial charge in [-0.3, -0.25) is 9.42 Å². The van der Waals surface area contributed by atoms with E-state index in [1.807, 2.05) is 0 Å². The minimum Gasteiger partial charge on any atom is -0.390 e. The average Bonchev–Trinajstić information content (AvgIpc) is 2.50. The number of aliphatic hydroxyl groups excluding tert-OH is 1. The van der Waals surface area contributed by atoms with Crippen molar-refractivity contribution in [3.8, 4) is 0 Å². The predicted molar refractivity (Wildman–Crippen MR) is 62.6 cm³/mol. The van der Waals surface area contributed by atoms with Gasteiger partial charge in [0.2, 0.25) is 0 Å². The quantitative estimate of drug-likeness (QED) is 0.345. The van der Waals surface area contributed by atoms with Gasteiger partial charge in [-0.25, -0.2) is 9.13 Å². The first-order valence-corrected chi connectivity index (χ1v) is 9.09. The minimum absolute atomic E-state index is 0.0806. The van der Waals surface area contributed by atoms with Crippen molar-refractivity contribution in [3.05, 3.63) is 0 Å². The zero-order valence-corrected chi connectivity index (χ0v) is 12.4. The Morgan fingerprint density at radius 2 is 1.95 bits per heavy atom. The smallest absolute Gasteiger partial charge is 0.390 e. The molecule has 11 nitrogen and oxygen atoms in total. The van der Waals surface area contributed by atoms with Crippen LogP contribution >= 0.6 is 23.9 Å². The van der Waals surface area contributed by atoms with E-state index in [-0.39, 0.29) is 6.42 Å². The van der Waals surface area contributed by atoms with Crippen LogP contribution in [0.15, 0.2) is 0 Å². The maximum Gasteiger partial charge on any atom is 0.705 e. The van der Waals surface area contributed by atoms with Crippen LogP contribution in [0.2, 0.25) is 0 Å². The molecule has 0 aromatic rings. The lowest BCUT2D eigenvalue weighted by molar-refractivity contribution is -0.00413. The Hall–Kier alpha value is 0.305. The van der Waals surface area contributed by atoms with Gasteiger partial charge < -0.3 is 14.7 Å². The van der Waals surface area contributed by atoms with Crippen molar-refractivity contribution in [1.82, 2.24) is 0 Å². The van der Waals surface area contributed by atoms with Crippen LogP contribution in [0, 0.1) is 0 Å². The Morgan fingerprint density at radius 1 is 1.35 bits per heavy atom. The summed E-state index contributed by atoms with van der Waals surface area (Å²) in [5, 5.41) is 9.41. The molecule has 0 aromatic carbocycles. The van der Waals surface area contributed by atoms with Crippen molar-refractivity contribution in [2.75, 3.05) is 6.61 Å². The molecule has 0 spiro atoms. The van der Waals surface area contributed by atoms with Gasteiger partial charge in [-0.1, -0.05) is 0 Å². The van der Waals surface area contributed by atoms with Gasteiger partial charge in [-0.05, 0) is 10.7 Å². The zero-order valence-electron chi connectivity index (χ0n) is 9.71. The molecular weight excluding hydrogens is 340 g/mol. The van der Waals surface area contributed by atoms with E-state index in [0.717, 1.165) is 0 Å². The van der Waals surface area contributed by atoms with Crippen molar-refractivity contribution >= 4 is 31.7 Å². The fraction of sp³-hybridized carbons (Fsp3) is 1.00. The Bertz CT molecular complexity index is 455. The molecule has 0 amide bonds. The summed E-state index contributed by atoms with van der Waals surface area (Å²) >= 11 is 0. The number of rotatable bonds is 7. The lowest BCUT2D eigenvalue weighted by Gasteiger charge is -2.17. The molecule has 20 heavy (non-hydrogen) atoms. The molecule has 0 bridgehead atoms. The molecule has 1 aliphatic heterocycles. The summed E-state index contributed by atoms with van der Waals surface area (Å²) in [7, 11) is -8.52. The van der Waals surface area contributed by atoms with E-state index in [1.165, 1.54) is 0 Å². The van der Waals surface area contributed by atoms with Gasteiger partial charge in [0.25, 0.3) is 0 Å². The summed E-state index contributed by atoms with van der Waals surface area (Å²) in [4.78, 5) is 26.2. The van der Waals surface area contributed by atoms with Crippen LogP contribution in [0.3, 0.4) is 0 Å². The highest BCUT2D eigenvalue weighted by molar-refractivity contribution is 7.64. The third-order valence-electron chi connectivity index (χ3n) is 2.03. The third kappa shape index (κ3) is 6.38. The molecular formula is C5H11BO11P3+. The molecule has 4 N–H and O–H groups in total. The second kappa shape index (κ2) is 7.04. The second-order valence-corrected chi connectivity index (χ2v) is 7.56. The largest absolute Gasteiger partial charge is 0.705 e. The Balaban J connectivity index is 2.51. The summed E-state index contributed by atoms with van der Waals surface area (Å²) in [5.74, 6) is 0. The molecule has 15 heteroatoms. The Kier molecular flexibility index (Phi) is 6.46. The first kappa shape index (κ1) is 18.4. The van der Waals surface area contributed by atoms with Gasteiger partial charge in [-0.15, -0.1) is 4.89 Å². The Labute approximate surface area is 115 Å². The highest BCUT2D eigenvalue weighted by Gasteiger charge is 2.43. The number of hydrogen-bond donors (Lipinski definition) is 4. The zero-order chi connectivity index (χ0) is 15.6. The summed E-state index contributed by atoms with van der Waals surface area (Å²) in [5.41, 5.74) is 0. The van der Waals surface area contributed by atoms with E-state index in [2.05, 4.69) is 13.1 Å². The molecule has 2 radical (unpaired) electrons. The number of phosphoric acid groups is 2. The van der Waals surface area contributed by atoms with Gasteiger partial charge in [0.05, 0.1) is 12.7 Å². The van der Waals surface area contributed by atoms with Gasteiger partial charge >= 0.3 is 23.9 Å². The van der Waals surface area contributed by atoms with E-state index < -0.39 is 48.7 Å².